The number of rotatable bonds is 4. The number of nitrogens with zero attached hydrogens (tertiary/aromatic N) is 1. The van der Waals surface area contributed by atoms with Crippen LogP contribution in [0, 0.1) is 11.2 Å². The Kier molecular flexibility index (Phi) is 4.70. The second kappa shape index (κ2) is 6.35. The number of piperidine rings is 1. The van der Waals surface area contributed by atoms with Crippen LogP contribution in [0.3, 0.4) is 0 Å². The van der Waals surface area contributed by atoms with Gasteiger partial charge in [-0.05, 0) is 57.9 Å². The first kappa shape index (κ1) is 17.8. The van der Waals surface area contributed by atoms with Crippen molar-refractivity contribution in [1.29, 1.82) is 0 Å². The number of hydrogen-bond donors (Lipinski definition) is 0. The van der Waals surface area contributed by atoms with Gasteiger partial charge < -0.3 is 9.47 Å². The van der Waals surface area contributed by atoms with Gasteiger partial charge in [0.2, 0.25) is 0 Å². The fraction of sp³-hybridized carbons (Fsp3) is 0.611. The van der Waals surface area contributed by atoms with Crippen molar-refractivity contribution in [3.8, 4) is 5.75 Å². The van der Waals surface area contributed by atoms with Crippen LogP contribution in [-0.4, -0.2) is 39.7 Å². The zero-order chi connectivity index (χ0) is 17.5. The van der Waals surface area contributed by atoms with Gasteiger partial charge in [-0.1, -0.05) is 22.6 Å². The molecule has 0 aromatic heterocycles. The Labute approximate surface area is 155 Å². The van der Waals surface area contributed by atoms with Crippen LogP contribution in [-0.2, 0) is 4.74 Å². The van der Waals surface area contributed by atoms with E-state index in [1.54, 1.807) is 12.1 Å². The highest BCUT2D eigenvalue weighted by Gasteiger charge is 2.68. The summed E-state index contributed by atoms with van der Waals surface area (Å²) >= 11 is 2.32. The Morgan fingerprint density at radius 2 is 2.04 bits per heavy atom. The third-order valence-corrected chi connectivity index (χ3v) is 5.79. The molecule has 1 aromatic carbocycles. The van der Waals surface area contributed by atoms with Crippen LogP contribution in [0.15, 0.2) is 24.3 Å². The zero-order valence-corrected chi connectivity index (χ0v) is 16.4. The fourth-order valence-corrected chi connectivity index (χ4v) is 4.97. The molecule has 0 spiro atoms. The molecule has 2 fully saturated rings. The number of alkyl halides is 1. The summed E-state index contributed by atoms with van der Waals surface area (Å²) in [7, 11) is 0. The summed E-state index contributed by atoms with van der Waals surface area (Å²) < 4.78 is 25.3. The molecule has 0 radical (unpaired) electrons. The van der Waals surface area contributed by atoms with Crippen molar-refractivity contribution in [2.45, 2.75) is 51.3 Å². The van der Waals surface area contributed by atoms with E-state index in [9.17, 15) is 9.18 Å². The van der Waals surface area contributed by atoms with Crippen LogP contribution in [0.25, 0.3) is 0 Å². The Morgan fingerprint density at radius 1 is 1.38 bits per heavy atom. The first-order valence-electron chi connectivity index (χ1n) is 8.22. The van der Waals surface area contributed by atoms with E-state index in [0.29, 0.717) is 12.4 Å². The first-order chi connectivity index (χ1) is 11.3. The molecule has 6 heteroatoms. The number of halogens is 2. The monoisotopic (exact) mass is 447 g/mol. The lowest BCUT2D eigenvalue weighted by Gasteiger charge is -2.69. The van der Waals surface area contributed by atoms with Crippen molar-refractivity contribution >= 4 is 28.7 Å². The Hall–Kier alpha value is -1.05. The van der Waals surface area contributed by atoms with Gasteiger partial charge in [-0.15, -0.1) is 0 Å². The summed E-state index contributed by atoms with van der Waals surface area (Å²) in [5.74, 6) is 0.395. The maximum absolute atomic E-state index is 13.0. The molecule has 3 atom stereocenters. The van der Waals surface area contributed by atoms with Crippen LogP contribution < -0.4 is 4.74 Å². The van der Waals surface area contributed by atoms with E-state index >= 15 is 0 Å². The quantitative estimate of drug-likeness (QED) is 0.507. The smallest absolute Gasteiger partial charge is 0.410 e. The largest absolute Gasteiger partial charge is 0.493 e. The normalized spacial score (nSPS) is 28.5. The first-order valence-corrected chi connectivity index (χ1v) is 9.75. The standard InChI is InChI=1S/C18H23FINO3/c1-17(2,3)24-16(22)21-14-8-9-18(14,15(21)10-20)11-23-13-6-4-12(19)5-7-13/h4-7,14-15H,8-11H2,1-3H3. The lowest BCUT2D eigenvalue weighted by Crippen LogP contribution is -2.80. The lowest BCUT2D eigenvalue weighted by atomic mass is 9.53. The summed E-state index contributed by atoms with van der Waals surface area (Å²) in [6.07, 6.45) is 1.80. The number of carbonyl (C=O) groups excluding carboxylic acids is 1. The number of benzene rings is 1. The molecule has 1 aliphatic carbocycles. The van der Waals surface area contributed by atoms with Crippen molar-refractivity contribution in [2.24, 2.45) is 5.41 Å². The van der Waals surface area contributed by atoms with E-state index in [1.807, 2.05) is 25.7 Å². The van der Waals surface area contributed by atoms with E-state index < -0.39 is 5.60 Å². The van der Waals surface area contributed by atoms with Crippen LogP contribution in [0.1, 0.15) is 33.6 Å². The second-order valence-electron chi connectivity index (χ2n) is 7.59. The molecule has 1 aromatic rings. The molecule has 1 saturated carbocycles. The zero-order valence-electron chi connectivity index (χ0n) is 14.2. The minimum Gasteiger partial charge on any atom is -0.493 e. The fourth-order valence-electron chi connectivity index (χ4n) is 3.67. The molecule has 1 saturated heterocycles. The van der Waals surface area contributed by atoms with E-state index in [1.165, 1.54) is 12.1 Å². The molecule has 2 aliphatic rings. The SMILES string of the molecule is CC(C)(C)OC(=O)N1C(CI)C2(COc3ccc(F)cc3)CCC12. The highest BCUT2D eigenvalue weighted by atomic mass is 127. The summed E-state index contributed by atoms with van der Waals surface area (Å²) in [5.41, 5.74) is -0.480. The highest BCUT2D eigenvalue weighted by molar-refractivity contribution is 14.1. The van der Waals surface area contributed by atoms with Crippen molar-refractivity contribution < 1.29 is 18.7 Å². The average Bonchev–Trinajstić information content (AvgIpc) is 2.48. The lowest BCUT2D eigenvalue weighted by molar-refractivity contribution is -0.197. The molecule has 132 valence electrons. The number of carbonyl (C=O) groups is 1. The number of amides is 1. The van der Waals surface area contributed by atoms with Crippen LogP contribution in [0.4, 0.5) is 9.18 Å². The second-order valence-corrected chi connectivity index (χ2v) is 8.47. The molecular formula is C18H23FINO3. The Morgan fingerprint density at radius 3 is 2.54 bits per heavy atom. The number of fused-ring (bicyclic) bond motifs is 1. The van der Waals surface area contributed by atoms with Crippen LogP contribution >= 0.6 is 22.6 Å². The third-order valence-electron chi connectivity index (χ3n) is 4.95. The molecule has 3 unspecified atom stereocenters. The molecule has 4 nitrogen and oxygen atoms in total. The molecule has 3 rings (SSSR count). The topological polar surface area (TPSA) is 38.8 Å². The van der Waals surface area contributed by atoms with Gasteiger partial charge in [0.25, 0.3) is 0 Å². The molecule has 1 aliphatic heterocycles. The molecule has 24 heavy (non-hydrogen) atoms. The van der Waals surface area contributed by atoms with Gasteiger partial charge in [0.15, 0.2) is 0 Å². The predicted molar refractivity (Wildman–Crippen MR) is 98.1 cm³/mol. The minimum atomic E-state index is -0.487. The maximum Gasteiger partial charge on any atom is 0.410 e. The van der Waals surface area contributed by atoms with Gasteiger partial charge in [-0.2, -0.15) is 0 Å². The van der Waals surface area contributed by atoms with Gasteiger partial charge in [-0.3, -0.25) is 4.90 Å². The molecule has 1 heterocycles. The number of ether oxygens (including phenoxy) is 2. The maximum atomic E-state index is 13.0. The Balaban J connectivity index is 1.66. The van der Waals surface area contributed by atoms with E-state index in [2.05, 4.69) is 22.6 Å². The third kappa shape index (κ3) is 3.09. The summed E-state index contributed by atoms with van der Waals surface area (Å²) in [6.45, 7) is 6.20. The van der Waals surface area contributed by atoms with Crippen LogP contribution in [0.2, 0.25) is 0 Å². The van der Waals surface area contributed by atoms with Crippen molar-refractivity contribution in [3.63, 3.8) is 0 Å². The number of hydrogen-bond acceptors (Lipinski definition) is 3. The van der Waals surface area contributed by atoms with E-state index in [-0.39, 0.29) is 29.4 Å². The van der Waals surface area contributed by atoms with Crippen molar-refractivity contribution in [1.82, 2.24) is 4.90 Å². The summed E-state index contributed by atoms with van der Waals surface area (Å²) in [5, 5.41) is 0. The summed E-state index contributed by atoms with van der Waals surface area (Å²) in [6, 6.07) is 6.40. The molecular weight excluding hydrogens is 424 g/mol. The summed E-state index contributed by atoms with van der Waals surface area (Å²) in [4.78, 5) is 14.4. The van der Waals surface area contributed by atoms with Gasteiger partial charge in [0, 0.05) is 15.9 Å². The molecule has 0 N–H and O–H groups in total. The van der Waals surface area contributed by atoms with Gasteiger partial charge >= 0.3 is 6.09 Å². The molecule has 1 amide bonds. The van der Waals surface area contributed by atoms with Crippen molar-refractivity contribution in [2.75, 3.05) is 11.0 Å². The minimum absolute atomic E-state index is 0.00643. The van der Waals surface area contributed by atoms with E-state index in [0.717, 1.165) is 17.3 Å². The van der Waals surface area contributed by atoms with E-state index in [4.69, 9.17) is 9.47 Å². The highest BCUT2D eigenvalue weighted by Crippen LogP contribution is 2.58. The van der Waals surface area contributed by atoms with Crippen molar-refractivity contribution in [3.05, 3.63) is 30.1 Å². The predicted octanol–water partition coefficient (Wildman–Crippen LogP) is 4.41. The average molecular weight is 447 g/mol. The Bertz CT molecular complexity index is 616. The number of likely N-dealkylation sites (tertiary alicyclic amines) is 1. The van der Waals surface area contributed by atoms with Gasteiger partial charge in [0.1, 0.15) is 17.2 Å². The molecule has 0 bridgehead atoms. The van der Waals surface area contributed by atoms with Crippen LogP contribution in [0.5, 0.6) is 5.75 Å². The van der Waals surface area contributed by atoms with Gasteiger partial charge in [-0.25, -0.2) is 9.18 Å². The van der Waals surface area contributed by atoms with Gasteiger partial charge in [0.05, 0.1) is 12.6 Å².